The maximum Gasteiger partial charge on any atom is 0.425 e. The zero-order valence-corrected chi connectivity index (χ0v) is 34.6. The van der Waals surface area contributed by atoms with Crippen LogP contribution in [0.25, 0.3) is 0 Å². The molecular weight excluding hydrogens is 853 g/mol. The van der Waals surface area contributed by atoms with Crippen LogP contribution in [0.15, 0.2) is 111 Å². The number of aryl methyl sites for hydroxylation is 1. The van der Waals surface area contributed by atoms with E-state index < -0.39 is 38.4 Å². The van der Waals surface area contributed by atoms with Crippen molar-refractivity contribution >= 4 is 67.5 Å². The van der Waals surface area contributed by atoms with E-state index in [-0.39, 0.29) is 43.7 Å². The van der Waals surface area contributed by atoms with Gasteiger partial charge in [0.05, 0.1) is 40.7 Å². The number of rotatable bonds is 18. The number of aromatic nitrogens is 3. The summed E-state index contributed by atoms with van der Waals surface area (Å²) in [5.74, 6) is -1.29. The predicted molar refractivity (Wildman–Crippen MR) is 218 cm³/mol. The Morgan fingerprint density at radius 3 is 1.95 bits per heavy atom. The number of likely N-dealkylation sites (N-methyl/N-ethyl adjacent to an activating group) is 1. The lowest BCUT2D eigenvalue weighted by Gasteiger charge is -2.17. The summed E-state index contributed by atoms with van der Waals surface area (Å²) in [6.45, 7) is 1.57. The Morgan fingerprint density at radius 1 is 0.774 bits per heavy atom. The number of azo groups is 2. The number of anilines is 1. The first kappa shape index (κ1) is 48.9. The van der Waals surface area contributed by atoms with E-state index in [4.69, 9.17) is 36.5 Å². The van der Waals surface area contributed by atoms with Crippen LogP contribution in [-0.4, -0.2) is 94.8 Å². The van der Waals surface area contributed by atoms with Gasteiger partial charge in [-0.05, 0) is 79.4 Å². The highest BCUT2D eigenvalue weighted by Crippen LogP contribution is 2.32. The third-order valence-corrected chi connectivity index (χ3v) is 8.72. The van der Waals surface area contributed by atoms with E-state index in [0.29, 0.717) is 58.4 Å². The summed E-state index contributed by atoms with van der Waals surface area (Å²) in [7, 11) is -5.67. The molecule has 62 heavy (non-hydrogen) atoms. The van der Waals surface area contributed by atoms with Crippen LogP contribution in [0.5, 0.6) is 5.75 Å². The van der Waals surface area contributed by atoms with E-state index >= 15 is 0 Å². The molecule has 0 amide bonds. The molecule has 0 fully saturated rings. The second-order valence-corrected chi connectivity index (χ2v) is 14.7. The summed E-state index contributed by atoms with van der Waals surface area (Å²) in [4.78, 5) is 54.6. The van der Waals surface area contributed by atoms with Gasteiger partial charge in [-0.1, -0.05) is 36.4 Å². The van der Waals surface area contributed by atoms with Crippen LogP contribution >= 0.6 is 0 Å². The molecule has 0 aliphatic carbocycles. The first-order valence-corrected chi connectivity index (χ1v) is 20.5. The van der Waals surface area contributed by atoms with Gasteiger partial charge in [-0.25, -0.2) is 9.78 Å². The quantitative estimate of drug-likeness (QED) is 0.0526. The lowest BCUT2D eigenvalue weighted by molar-refractivity contribution is -0.191. The van der Waals surface area contributed by atoms with Gasteiger partial charge in [0.15, 0.2) is 0 Å². The number of ether oxygens (including phenoxy) is 1. The molecule has 0 saturated carbocycles. The smallest absolute Gasteiger partial charge is 0.425 e. The van der Waals surface area contributed by atoms with Gasteiger partial charge in [0.1, 0.15) is 23.9 Å². The fourth-order valence-electron chi connectivity index (χ4n) is 5.20. The Balaban J connectivity index is 0.00000136. The third-order valence-electron chi connectivity index (χ3n) is 7.91. The average Bonchev–Trinajstić information content (AvgIpc) is 3.20. The fraction of sp³-hybridized carbons (Fsp3) is 0.231. The van der Waals surface area contributed by atoms with Crippen molar-refractivity contribution in [3.63, 3.8) is 0 Å². The van der Waals surface area contributed by atoms with Gasteiger partial charge in [-0.15, -0.1) is 12.6 Å². The summed E-state index contributed by atoms with van der Waals surface area (Å²) in [5.41, 5.74) is 4.43. The second kappa shape index (κ2) is 24.6. The van der Waals surface area contributed by atoms with Crippen LogP contribution in [0.3, 0.4) is 0 Å². The van der Waals surface area contributed by atoms with Gasteiger partial charge in [-0.3, -0.25) is 9.35 Å². The molecule has 0 spiro atoms. The summed E-state index contributed by atoms with van der Waals surface area (Å²) in [6, 6.07) is 26.3. The topological polar surface area (TPSA) is 315 Å². The van der Waals surface area contributed by atoms with Crippen LogP contribution < -0.4 is 9.64 Å². The zero-order chi connectivity index (χ0) is 45.7. The van der Waals surface area contributed by atoms with E-state index in [2.05, 4.69) is 30.4 Å². The number of aliphatic carboxylic acids is 1. The van der Waals surface area contributed by atoms with E-state index in [1.165, 1.54) is 17.0 Å². The van der Waals surface area contributed by atoms with Gasteiger partial charge in [0.2, 0.25) is 5.95 Å². The largest absolute Gasteiger partial charge is 0.493 e. The minimum absolute atomic E-state index is 0.0600. The molecule has 5 aromatic rings. The maximum absolute atomic E-state index is 11.6. The molecule has 0 unspecified atom stereocenters. The summed E-state index contributed by atoms with van der Waals surface area (Å²) in [5, 5.41) is 35.9. The first-order valence-electron chi connectivity index (χ1n) is 17.9. The Morgan fingerprint density at radius 2 is 1.35 bits per heavy atom. The molecule has 0 aliphatic heterocycles. The maximum atomic E-state index is 11.6. The van der Waals surface area contributed by atoms with Crippen molar-refractivity contribution in [3.05, 3.63) is 125 Å². The van der Waals surface area contributed by atoms with Gasteiger partial charge in [-0.2, -0.15) is 48.4 Å². The molecule has 4 aromatic carbocycles. The molecular formula is C39H38N8O13S2. The van der Waals surface area contributed by atoms with Gasteiger partial charge in [0, 0.05) is 31.5 Å². The highest BCUT2D eigenvalue weighted by atomic mass is 32.2. The number of unbranched alkanes of at least 4 members (excludes halogenated alkanes) is 1. The number of carbonyl (C=O) groups excluding carboxylic acids is 2. The van der Waals surface area contributed by atoms with E-state index in [1.54, 1.807) is 25.2 Å². The lowest BCUT2D eigenvalue weighted by atomic mass is 10.0. The Labute approximate surface area is 355 Å². The molecule has 0 aliphatic rings. The minimum Gasteiger partial charge on any atom is -0.493 e. The van der Waals surface area contributed by atoms with Crippen molar-refractivity contribution in [1.82, 2.24) is 15.0 Å². The number of benzene rings is 4. The van der Waals surface area contributed by atoms with Crippen LogP contribution in [0, 0.1) is 6.92 Å². The monoisotopic (exact) mass is 890 g/mol. The lowest BCUT2D eigenvalue weighted by Crippen LogP contribution is -2.28. The van der Waals surface area contributed by atoms with Crippen molar-refractivity contribution in [1.29, 1.82) is 0 Å². The number of hydrogen-bond donors (Lipinski definition) is 3. The molecule has 0 bridgehead atoms. The van der Waals surface area contributed by atoms with Crippen LogP contribution in [0.2, 0.25) is 0 Å². The minimum atomic E-state index is -4.13. The molecule has 5 rings (SSSR count). The second-order valence-electron chi connectivity index (χ2n) is 12.7. The highest BCUT2D eigenvalue weighted by Gasteiger charge is 2.17. The number of aromatic carboxylic acids is 1. The Kier molecular flexibility index (Phi) is 19.4. The number of carbonyl (C=O) groups is 2. The van der Waals surface area contributed by atoms with Crippen molar-refractivity contribution < 1.29 is 59.7 Å². The van der Waals surface area contributed by atoms with Gasteiger partial charge < -0.3 is 19.8 Å². The SMILES string of the molecule is Cc1cc(Cc2nc(Cc3ccc(N=Nc4ccccc4)cc3)nc(N(C)CC(=O)O)n2)c(OCCCCS(=O)(=O)O)cc1N=Nc1cccc(C(=O)O)c1.O=C=O.O=S(=O)=O. The molecule has 1 aromatic heterocycles. The van der Waals surface area contributed by atoms with E-state index in [9.17, 15) is 28.2 Å². The standard InChI is InChI=1S/C38H38N8O8S.CO2.O3S/c1-25-19-28(33(54-17-6-7-18-55(51,52)53)23-32(25)45-44-31-12-8-9-27(21-31)37(49)50)22-35-39-34(40-38(41-35)46(2)24-36(47)48)20-26-13-15-30(16-14-26)43-42-29-10-4-3-5-11-29;2-1-3;1-4(2)3/h3-5,8-16,19,21,23H,6-7,17-18,20,22,24H2,1-2H3,(H,47,48)(H,49,50)(H,51,52,53);;. The molecule has 1 heterocycles. The Bertz CT molecular complexity index is 2640. The van der Waals surface area contributed by atoms with Crippen LogP contribution in [-0.2, 0) is 48.0 Å². The number of carboxylic acids is 2. The van der Waals surface area contributed by atoms with Gasteiger partial charge >= 0.3 is 28.7 Å². The molecule has 0 radical (unpaired) electrons. The van der Waals surface area contributed by atoms with Gasteiger partial charge in [0.25, 0.3) is 10.1 Å². The summed E-state index contributed by atoms with van der Waals surface area (Å²) in [6.07, 6.45) is 1.18. The molecule has 0 saturated heterocycles. The number of carboxylic acid groups (broad SMARTS) is 2. The molecule has 21 nitrogen and oxygen atoms in total. The van der Waals surface area contributed by atoms with Crippen molar-refractivity contribution in [2.45, 2.75) is 32.6 Å². The summed E-state index contributed by atoms with van der Waals surface area (Å²) < 4.78 is 63.0. The molecule has 3 N–H and O–H groups in total. The van der Waals surface area contributed by atoms with E-state index in [0.717, 1.165) is 11.3 Å². The highest BCUT2D eigenvalue weighted by molar-refractivity contribution is 7.85. The third kappa shape index (κ3) is 18.2. The molecule has 324 valence electrons. The van der Waals surface area contributed by atoms with Crippen molar-refractivity contribution in [3.8, 4) is 5.75 Å². The Hall–Kier alpha value is -7.46. The first-order chi connectivity index (χ1) is 29.5. The van der Waals surface area contributed by atoms with Crippen molar-refractivity contribution in [2.24, 2.45) is 20.5 Å². The van der Waals surface area contributed by atoms with Crippen LogP contribution in [0.4, 0.5) is 28.7 Å². The zero-order valence-electron chi connectivity index (χ0n) is 32.9. The van der Waals surface area contributed by atoms with E-state index in [1.807, 2.05) is 67.6 Å². The fourth-order valence-corrected chi connectivity index (χ4v) is 5.77. The van der Waals surface area contributed by atoms with Crippen LogP contribution in [0.1, 0.15) is 51.5 Å². The van der Waals surface area contributed by atoms with Crippen molar-refractivity contribution in [2.75, 3.05) is 30.9 Å². The number of hydrogen-bond acceptors (Lipinski definition) is 18. The predicted octanol–water partition coefficient (Wildman–Crippen LogP) is 5.87. The average molecular weight is 891 g/mol. The molecule has 0 atom stereocenters. The number of nitrogens with zero attached hydrogens (tertiary/aromatic N) is 8. The molecule has 23 heteroatoms. The summed E-state index contributed by atoms with van der Waals surface area (Å²) >= 11 is 0. The normalized spacial score (nSPS) is 10.8.